The quantitative estimate of drug-likeness (QED) is 0.896. The predicted molar refractivity (Wildman–Crippen MR) is 70.6 cm³/mol. The van der Waals surface area contributed by atoms with Crippen LogP contribution in [-0.2, 0) is 11.3 Å². The standard InChI is InChI=1S/C14H16N2O3/c1-3-19-9-11-5-4-6-12(8-11)16-13(14(17)18)7-10(2)15-16/h4-8H,3,9H2,1-2H3,(H,17,18). The van der Waals surface area contributed by atoms with Gasteiger partial charge >= 0.3 is 5.97 Å². The van der Waals surface area contributed by atoms with Crippen LogP contribution in [0.3, 0.4) is 0 Å². The summed E-state index contributed by atoms with van der Waals surface area (Å²) >= 11 is 0. The van der Waals surface area contributed by atoms with Crippen molar-refractivity contribution < 1.29 is 14.6 Å². The van der Waals surface area contributed by atoms with Crippen LogP contribution in [0.2, 0.25) is 0 Å². The highest BCUT2D eigenvalue weighted by Gasteiger charge is 2.14. The van der Waals surface area contributed by atoms with Gasteiger partial charge in [-0.1, -0.05) is 12.1 Å². The normalized spacial score (nSPS) is 10.6. The first kappa shape index (κ1) is 13.3. The number of ether oxygens (including phenoxy) is 1. The van der Waals surface area contributed by atoms with Crippen molar-refractivity contribution in [1.29, 1.82) is 0 Å². The van der Waals surface area contributed by atoms with Gasteiger partial charge in [-0.15, -0.1) is 0 Å². The highest BCUT2D eigenvalue weighted by atomic mass is 16.5. The lowest BCUT2D eigenvalue weighted by Gasteiger charge is -2.07. The molecule has 2 rings (SSSR count). The van der Waals surface area contributed by atoms with Crippen molar-refractivity contribution in [1.82, 2.24) is 9.78 Å². The summed E-state index contributed by atoms with van der Waals surface area (Å²) in [5, 5.41) is 13.4. The van der Waals surface area contributed by atoms with E-state index in [0.717, 1.165) is 11.3 Å². The number of carboxylic acid groups (broad SMARTS) is 1. The number of hydrogen-bond donors (Lipinski definition) is 1. The fraction of sp³-hybridized carbons (Fsp3) is 0.286. The first-order valence-corrected chi connectivity index (χ1v) is 6.09. The van der Waals surface area contributed by atoms with E-state index in [9.17, 15) is 4.79 Å². The van der Waals surface area contributed by atoms with Crippen LogP contribution >= 0.6 is 0 Å². The molecule has 100 valence electrons. The van der Waals surface area contributed by atoms with Crippen LogP contribution < -0.4 is 0 Å². The molecule has 0 atom stereocenters. The zero-order valence-electron chi connectivity index (χ0n) is 11.0. The molecule has 0 spiro atoms. The molecular formula is C14H16N2O3. The molecule has 0 aliphatic heterocycles. The van der Waals surface area contributed by atoms with Gasteiger partial charge in [-0.25, -0.2) is 9.48 Å². The Kier molecular flexibility index (Phi) is 3.97. The number of carboxylic acids is 1. The Hall–Kier alpha value is -2.14. The SMILES string of the molecule is CCOCc1cccc(-n2nc(C)cc2C(=O)O)c1. The second-order valence-corrected chi connectivity index (χ2v) is 4.19. The van der Waals surface area contributed by atoms with Crippen molar-refractivity contribution in [2.45, 2.75) is 20.5 Å². The van der Waals surface area contributed by atoms with Crippen molar-refractivity contribution in [2.75, 3.05) is 6.61 Å². The van der Waals surface area contributed by atoms with Gasteiger partial charge in [0.1, 0.15) is 0 Å². The van der Waals surface area contributed by atoms with Crippen molar-refractivity contribution in [2.24, 2.45) is 0 Å². The molecule has 0 aliphatic carbocycles. The smallest absolute Gasteiger partial charge is 0.354 e. The summed E-state index contributed by atoms with van der Waals surface area (Å²) in [6.07, 6.45) is 0. The Balaban J connectivity index is 2.38. The first-order chi connectivity index (χ1) is 9.11. The van der Waals surface area contributed by atoms with Gasteiger partial charge in [-0.2, -0.15) is 5.10 Å². The Bertz CT molecular complexity index is 590. The number of carbonyl (C=O) groups is 1. The molecule has 1 aromatic carbocycles. The summed E-state index contributed by atoms with van der Waals surface area (Å²) in [7, 11) is 0. The molecule has 0 radical (unpaired) electrons. The molecule has 0 fully saturated rings. The molecule has 5 heteroatoms. The Labute approximate surface area is 111 Å². The molecule has 1 N–H and O–H groups in total. The van der Waals surface area contributed by atoms with E-state index in [1.54, 1.807) is 13.0 Å². The number of benzene rings is 1. The third-order valence-corrected chi connectivity index (χ3v) is 2.68. The summed E-state index contributed by atoms with van der Waals surface area (Å²) in [5.41, 5.74) is 2.55. The molecule has 1 heterocycles. The number of aromatic nitrogens is 2. The number of rotatable bonds is 5. The van der Waals surface area contributed by atoms with Gasteiger partial charge < -0.3 is 9.84 Å². The molecule has 5 nitrogen and oxygen atoms in total. The molecule has 0 saturated carbocycles. The second kappa shape index (κ2) is 5.67. The Morgan fingerprint density at radius 3 is 2.89 bits per heavy atom. The molecule has 0 aliphatic rings. The maximum Gasteiger partial charge on any atom is 0.354 e. The van der Waals surface area contributed by atoms with Crippen molar-refractivity contribution in [3.63, 3.8) is 0 Å². The van der Waals surface area contributed by atoms with E-state index in [0.29, 0.717) is 18.9 Å². The number of aromatic carboxylic acids is 1. The minimum Gasteiger partial charge on any atom is -0.477 e. The average molecular weight is 260 g/mol. The van der Waals surface area contributed by atoms with Gasteiger partial charge in [-0.3, -0.25) is 0 Å². The summed E-state index contributed by atoms with van der Waals surface area (Å²) in [6.45, 7) is 4.86. The van der Waals surface area contributed by atoms with E-state index in [-0.39, 0.29) is 5.69 Å². The minimum atomic E-state index is -0.990. The molecule has 1 aromatic heterocycles. The number of aryl methyl sites for hydroxylation is 1. The summed E-state index contributed by atoms with van der Waals surface area (Å²) in [6, 6.07) is 9.07. The topological polar surface area (TPSA) is 64.4 Å². The Morgan fingerprint density at radius 2 is 2.21 bits per heavy atom. The average Bonchev–Trinajstić information content (AvgIpc) is 2.79. The van der Waals surface area contributed by atoms with Gasteiger partial charge in [-0.05, 0) is 37.6 Å². The van der Waals surface area contributed by atoms with Crippen LogP contribution in [0.25, 0.3) is 5.69 Å². The zero-order valence-corrected chi connectivity index (χ0v) is 11.0. The minimum absolute atomic E-state index is 0.158. The summed E-state index contributed by atoms with van der Waals surface area (Å²) in [5.74, 6) is -0.990. The first-order valence-electron chi connectivity index (χ1n) is 6.09. The number of hydrogen-bond acceptors (Lipinski definition) is 3. The van der Waals surface area contributed by atoms with Crippen molar-refractivity contribution >= 4 is 5.97 Å². The lowest BCUT2D eigenvalue weighted by Crippen LogP contribution is -2.08. The zero-order chi connectivity index (χ0) is 13.8. The van der Waals surface area contributed by atoms with E-state index in [4.69, 9.17) is 9.84 Å². The third kappa shape index (κ3) is 3.00. The fourth-order valence-electron chi connectivity index (χ4n) is 1.85. The molecular weight excluding hydrogens is 244 g/mol. The maximum atomic E-state index is 11.2. The summed E-state index contributed by atoms with van der Waals surface area (Å²) < 4.78 is 6.78. The van der Waals surface area contributed by atoms with Crippen LogP contribution in [0.4, 0.5) is 0 Å². The van der Waals surface area contributed by atoms with Crippen LogP contribution in [-0.4, -0.2) is 27.5 Å². The highest BCUT2D eigenvalue weighted by Crippen LogP contribution is 2.15. The van der Waals surface area contributed by atoms with Crippen LogP contribution in [0.5, 0.6) is 0 Å². The molecule has 2 aromatic rings. The monoisotopic (exact) mass is 260 g/mol. The van der Waals surface area contributed by atoms with Gasteiger partial charge in [0.2, 0.25) is 0 Å². The lowest BCUT2D eigenvalue weighted by atomic mass is 10.2. The predicted octanol–water partition coefficient (Wildman–Crippen LogP) is 2.42. The van der Waals surface area contributed by atoms with Gasteiger partial charge in [0.25, 0.3) is 0 Å². The van der Waals surface area contributed by atoms with Crippen LogP contribution in [0, 0.1) is 6.92 Å². The van der Waals surface area contributed by atoms with Crippen LogP contribution in [0.15, 0.2) is 30.3 Å². The van der Waals surface area contributed by atoms with Crippen molar-refractivity contribution in [3.8, 4) is 5.69 Å². The second-order valence-electron chi connectivity index (χ2n) is 4.19. The van der Waals surface area contributed by atoms with Gasteiger partial charge in [0, 0.05) is 6.61 Å². The van der Waals surface area contributed by atoms with E-state index < -0.39 is 5.97 Å². The molecule has 19 heavy (non-hydrogen) atoms. The lowest BCUT2D eigenvalue weighted by molar-refractivity contribution is 0.0687. The number of nitrogens with zero attached hydrogens (tertiary/aromatic N) is 2. The highest BCUT2D eigenvalue weighted by molar-refractivity contribution is 5.86. The maximum absolute atomic E-state index is 11.2. The van der Waals surface area contributed by atoms with E-state index in [2.05, 4.69) is 5.10 Å². The summed E-state index contributed by atoms with van der Waals surface area (Å²) in [4.78, 5) is 11.2. The van der Waals surface area contributed by atoms with Gasteiger partial charge in [0.05, 0.1) is 18.0 Å². The van der Waals surface area contributed by atoms with Gasteiger partial charge in [0.15, 0.2) is 5.69 Å². The van der Waals surface area contributed by atoms with E-state index in [1.165, 1.54) is 4.68 Å². The molecule has 0 amide bonds. The molecule has 0 bridgehead atoms. The van der Waals surface area contributed by atoms with Crippen LogP contribution in [0.1, 0.15) is 28.7 Å². The molecule has 0 unspecified atom stereocenters. The van der Waals surface area contributed by atoms with E-state index >= 15 is 0 Å². The molecule has 0 saturated heterocycles. The fourth-order valence-corrected chi connectivity index (χ4v) is 1.85. The van der Waals surface area contributed by atoms with Crippen molar-refractivity contribution in [3.05, 3.63) is 47.3 Å². The third-order valence-electron chi connectivity index (χ3n) is 2.68. The Morgan fingerprint density at radius 1 is 1.42 bits per heavy atom. The largest absolute Gasteiger partial charge is 0.477 e. The van der Waals surface area contributed by atoms with E-state index in [1.807, 2.05) is 31.2 Å².